The van der Waals surface area contributed by atoms with Gasteiger partial charge in [0.15, 0.2) is 6.10 Å². The number of ether oxygens (including phenoxy) is 1. The molecule has 0 aliphatic carbocycles. The largest absolute Gasteiger partial charge is 0.481 e. The van der Waals surface area contributed by atoms with E-state index in [2.05, 4.69) is 29.3 Å². The molecule has 0 aromatic heterocycles. The summed E-state index contributed by atoms with van der Waals surface area (Å²) in [6.45, 7) is 5.18. The molecule has 0 aliphatic heterocycles. The Bertz CT molecular complexity index is 643. The summed E-state index contributed by atoms with van der Waals surface area (Å²) in [5.74, 6) is 0.687. The fraction of sp³-hybridized carbons (Fsp3) is 0.350. The van der Waals surface area contributed by atoms with Gasteiger partial charge in [0.05, 0.1) is 0 Å². The lowest BCUT2D eigenvalue weighted by atomic mass is 10.1. The van der Waals surface area contributed by atoms with E-state index in [1.165, 1.54) is 0 Å². The highest BCUT2D eigenvalue weighted by Crippen LogP contribution is 2.19. The summed E-state index contributed by atoms with van der Waals surface area (Å²) in [5.41, 5.74) is 2.24. The molecule has 0 aliphatic rings. The summed E-state index contributed by atoms with van der Waals surface area (Å²) in [5, 5.41) is 2.94. The SMILES string of the molecule is CCc1ccccc1O[C@H](C)C(=O)NCCN(C)c1ccccc1. The smallest absolute Gasteiger partial charge is 0.260 e. The molecule has 0 unspecified atom stereocenters. The van der Waals surface area contributed by atoms with Gasteiger partial charge in [0.2, 0.25) is 0 Å². The van der Waals surface area contributed by atoms with E-state index in [9.17, 15) is 4.79 Å². The molecule has 1 N–H and O–H groups in total. The van der Waals surface area contributed by atoms with E-state index < -0.39 is 6.10 Å². The molecule has 0 spiro atoms. The number of nitrogens with zero attached hydrogens (tertiary/aromatic N) is 1. The van der Waals surface area contributed by atoms with Crippen LogP contribution in [0, 0.1) is 0 Å². The van der Waals surface area contributed by atoms with Gasteiger partial charge in [0.1, 0.15) is 5.75 Å². The predicted octanol–water partition coefficient (Wildman–Crippen LogP) is 3.27. The summed E-state index contributed by atoms with van der Waals surface area (Å²) in [7, 11) is 2.01. The molecule has 2 aromatic rings. The minimum Gasteiger partial charge on any atom is -0.481 e. The lowest BCUT2D eigenvalue weighted by Gasteiger charge is -2.21. The number of para-hydroxylation sites is 2. The molecule has 4 nitrogen and oxygen atoms in total. The zero-order valence-corrected chi connectivity index (χ0v) is 14.7. The first-order valence-electron chi connectivity index (χ1n) is 8.40. The van der Waals surface area contributed by atoms with Crippen LogP contribution in [-0.4, -0.2) is 32.1 Å². The first-order valence-corrected chi connectivity index (χ1v) is 8.40. The summed E-state index contributed by atoms with van der Waals surface area (Å²) in [4.78, 5) is 14.3. The maximum absolute atomic E-state index is 12.2. The average molecular weight is 326 g/mol. The van der Waals surface area contributed by atoms with Crippen molar-refractivity contribution in [1.82, 2.24) is 5.32 Å². The maximum atomic E-state index is 12.2. The zero-order chi connectivity index (χ0) is 17.4. The van der Waals surface area contributed by atoms with Crippen LogP contribution < -0.4 is 15.0 Å². The van der Waals surface area contributed by atoms with Crippen LogP contribution in [0.2, 0.25) is 0 Å². The van der Waals surface area contributed by atoms with Gasteiger partial charge in [0, 0.05) is 25.8 Å². The second-order valence-electron chi connectivity index (χ2n) is 5.77. The van der Waals surface area contributed by atoms with Crippen molar-refractivity contribution in [3.05, 3.63) is 60.2 Å². The van der Waals surface area contributed by atoms with Crippen molar-refractivity contribution in [1.29, 1.82) is 0 Å². The van der Waals surface area contributed by atoms with Crippen LogP contribution in [0.25, 0.3) is 0 Å². The van der Waals surface area contributed by atoms with Crippen LogP contribution in [0.4, 0.5) is 5.69 Å². The molecule has 0 saturated heterocycles. The maximum Gasteiger partial charge on any atom is 0.260 e. The summed E-state index contributed by atoms with van der Waals surface area (Å²) in [6.07, 6.45) is 0.367. The van der Waals surface area contributed by atoms with E-state index in [4.69, 9.17) is 4.74 Å². The Labute approximate surface area is 144 Å². The number of aryl methyl sites for hydroxylation is 1. The van der Waals surface area contributed by atoms with E-state index in [-0.39, 0.29) is 5.91 Å². The molecule has 0 fully saturated rings. The van der Waals surface area contributed by atoms with Crippen LogP contribution in [-0.2, 0) is 11.2 Å². The number of hydrogen-bond donors (Lipinski definition) is 1. The third kappa shape index (κ3) is 5.01. The predicted molar refractivity (Wildman–Crippen MR) is 98.6 cm³/mol. The number of anilines is 1. The summed E-state index contributed by atoms with van der Waals surface area (Å²) >= 11 is 0. The van der Waals surface area contributed by atoms with Gasteiger partial charge in [-0.3, -0.25) is 4.79 Å². The Morgan fingerprint density at radius 1 is 1.12 bits per heavy atom. The highest BCUT2D eigenvalue weighted by Gasteiger charge is 2.15. The normalized spacial score (nSPS) is 11.6. The topological polar surface area (TPSA) is 41.6 Å². The van der Waals surface area contributed by atoms with Crippen LogP contribution >= 0.6 is 0 Å². The van der Waals surface area contributed by atoms with Crippen molar-refractivity contribution in [2.75, 3.05) is 25.0 Å². The van der Waals surface area contributed by atoms with Gasteiger partial charge in [0.25, 0.3) is 5.91 Å². The van der Waals surface area contributed by atoms with Gasteiger partial charge in [-0.05, 0) is 37.1 Å². The molecule has 24 heavy (non-hydrogen) atoms. The van der Waals surface area contributed by atoms with Gasteiger partial charge in [-0.15, -0.1) is 0 Å². The summed E-state index contributed by atoms with van der Waals surface area (Å²) < 4.78 is 5.81. The van der Waals surface area contributed by atoms with Gasteiger partial charge in [-0.1, -0.05) is 43.3 Å². The Kier molecular flexibility index (Phi) is 6.67. The Morgan fingerprint density at radius 3 is 2.50 bits per heavy atom. The van der Waals surface area contributed by atoms with Crippen molar-refractivity contribution in [2.45, 2.75) is 26.4 Å². The minimum absolute atomic E-state index is 0.0950. The van der Waals surface area contributed by atoms with E-state index >= 15 is 0 Å². The van der Waals surface area contributed by atoms with E-state index in [0.29, 0.717) is 6.54 Å². The van der Waals surface area contributed by atoms with Gasteiger partial charge >= 0.3 is 0 Å². The summed E-state index contributed by atoms with van der Waals surface area (Å²) in [6, 6.07) is 17.9. The van der Waals surface area contributed by atoms with E-state index in [1.54, 1.807) is 6.92 Å². The molecule has 2 aromatic carbocycles. The second kappa shape index (κ2) is 8.96. The number of carbonyl (C=O) groups excluding carboxylic acids is 1. The lowest BCUT2D eigenvalue weighted by molar-refractivity contribution is -0.127. The van der Waals surface area contributed by atoms with Crippen LogP contribution in [0.5, 0.6) is 5.75 Å². The van der Waals surface area contributed by atoms with Crippen molar-refractivity contribution < 1.29 is 9.53 Å². The standard InChI is InChI=1S/C20H26N2O2/c1-4-17-10-8-9-13-19(17)24-16(2)20(23)21-14-15-22(3)18-11-6-5-7-12-18/h5-13,16H,4,14-15H2,1-3H3,(H,21,23)/t16-/m1/s1. The molecule has 1 atom stereocenters. The zero-order valence-electron chi connectivity index (χ0n) is 14.7. The van der Waals surface area contributed by atoms with Crippen molar-refractivity contribution in [3.8, 4) is 5.75 Å². The highest BCUT2D eigenvalue weighted by molar-refractivity contribution is 5.80. The number of hydrogen-bond acceptors (Lipinski definition) is 3. The molecule has 0 bridgehead atoms. The van der Waals surface area contributed by atoms with Crippen molar-refractivity contribution in [2.24, 2.45) is 0 Å². The molecule has 2 rings (SSSR count). The Balaban J connectivity index is 1.79. The van der Waals surface area contributed by atoms with Gasteiger partial charge in [-0.25, -0.2) is 0 Å². The number of nitrogens with one attached hydrogen (secondary N) is 1. The lowest BCUT2D eigenvalue weighted by Crippen LogP contribution is -2.40. The van der Waals surface area contributed by atoms with Crippen molar-refractivity contribution in [3.63, 3.8) is 0 Å². The van der Waals surface area contributed by atoms with Gasteiger partial charge < -0.3 is 15.0 Å². The number of likely N-dealkylation sites (N-methyl/N-ethyl adjacent to an activating group) is 1. The third-order valence-electron chi connectivity index (χ3n) is 3.97. The molecule has 1 amide bonds. The highest BCUT2D eigenvalue weighted by atomic mass is 16.5. The minimum atomic E-state index is -0.514. The molecule has 0 heterocycles. The fourth-order valence-electron chi connectivity index (χ4n) is 2.46. The number of carbonyl (C=O) groups is 1. The molecule has 0 saturated carbocycles. The molecular weight excluding hydrogens is 300 g/mol. The van der Waals surface area contributed by atoms with E-state index in [0.717, 1.165) is 30.0 Å². The molecule has 0 radical (unpaired) electrons. The van der Waals surface area contributed by atoms with E-state index in [1.807, 2.05) is 49.5 Å². The first-order chi connectivity index (χ1) is 11.6. The Morgan fingerprint density at radius 2 is 1.79 bits per heavy atom. The quantitative estimate of drug-likeness (QED) is 0.809. The number of rotatable bonds is 8. The molecule has 128 valence electrons. The fourth-order valence-corrected chi connectivity index (χ4v) is 2.46. The third-order valence-corrected chi connectivity index (χ3v) is 3.97. The first kappa shape index (κ1) is 17.9. The number of benzene rings is 2. The second-order valence-corrected chi connectivity index (χ2v) is 5.77. The average Bonchev–Trinajstić information content (AvgIpc) is 2.62. The molecule has 4 heteroatoms. The molecular formula is C20H26N2O2. The Hall–Kier alpha value is -2.49. The van der Waals surface area contributed by atoms with Crippen LogP contribution in [0.3, 0.4) is 0 Å². The van der Waals surface area contributed by atoms with Crippen molar-refractivity contribution >= 4 is 11.6 Å². The monoisotopic (exact) mass is 326 g/mol. The van der Waals surface area contributed by atoms with Gasteiger partial charge in [-0.2, -0.15) is 0 Å². The van der Waals surface area contributed by atoms with Crippen LogP contribution in [0.1, 0.15) is 19.4 Å². The van der Waals surface area contributed by atoms with Crippen LogP contribution in [0.15, 0.2) is 54.6 Å². The number of amides is 1.